The van der Waals surface area contributed by atoms with Crippen LogP contribution in [0.15, 0.2) is 18.2 Å². The largest absolute Gasteiger partial charge is 0.493 e. The number of nitrogens with two attached hydrogens (primary N) is 1. The van der Waals surface area contributed by atoms with E-state index in [1.807, 2.05) is 17.0 Å². The molecule has 0 aliphatic carbocycles. The standard InChI is InChI=1S/C16H22N2O2.ClH/c1-11-6-13(9-17)10-18(11)16(19)8-12-2-3-15-14(7-12)4-5-20-15;/h2-3,7,11,13H,4-6,8-10,17H2,1H3;1H. The van der Waals surface area contributed by atoms with E-state index in [9.17, 15) is 4.79 Å². The van der Waals surface area contributed by atoms with Crippen LogP contribution in [0.25, 0.3) is 0 Å². The van der Waals surface area contributed by atoms with Crippen molar-refractivity contribution in [2.75, 3.05) is 19.7 Å². The highest BCUT2D eigenvalue weighted by atomic mass is 35.5. The first-order chi connectivity index (χ1) is 9.67. The summed E-state index contributed by atoms with van der Waals surface area (Å²) in [6.07, 6.45) is 2.46. The highest BCUT2D eigenvalue weighted by Gasteiger charge is 2.31. The van der Waals surface area contributed by atoms with Gasteiger partial charge >= 0.3 is 0 Å². The first-order valence-corrected chi connectivity index (χ1v) is 7.41. The van der Waals surface area contributed by atoms with Gasteiger partial charge in [0.2, 0.25) is 5.91 Å². The lowest BCUT2D eigenvalue weighted by Gasteiger charge is -2.21. The molecule has 1 saturated heterocycles. The van der Waals surface area contributed by atoms with Crippen molar-refractivity contribution in [1.82, 2.24) is 4.90 Å². The van der Waals surface area contributed by atoms with Gasteiger partial charge < -0.3 is 15.4 Å². The zero-order chi connectivity index (χ0) is 14.1. The SMILES string of the molecule is CC1CC(CN)CN1C(=O)Cc1ccc2c(c1)CCO2.Cl. The third-order valence-corrected chi connectivity index (χ3v) is 4.42. The molecule has 0 bridgehead atoms. The van der Waals surface area contributed by atoms with Crippen molar-refractivity contribution in [3.8, 4) is 5.75 Å². The Balaban J connectivity index is 0.00000161. The van der Waals surface area contributed by atoms with Gasteiger partial charge in [-0.15, -0.1) is 12.4 Å². The Labute approximate surface area is 132 Å². The molecule has 2 aliphatic heterocycles. The molecular weight excluding hydrogens is 288 g/mol. The molecule has 2 atom stereocenters. The predicted molar refractivity (Wildman–Crippen MR) is 84.9 cm³/mol. The van der Waals surface area contributed by atoms with Gasteiger partial charge in [0.1, 0.15) is 5.75 Å². The maximum atomic E-state index is 12.4. The number of rotatable bonds is 3. The number of hydrogen-bond donors (Lipinski definition) is 1. The number of halogens is 1. The molecule has 0 radical (unpaired) electrons. The van der Waals surface area contributed by atoms with Crippen LogP contribution in [-0.4, -0.2) is 36.5 Å². The average molecular weight is 311 g/mol. The molecule has 3 rings (SSSR count). The summed E-state index contributed by atoms with van der Waals surface area (Å²) in [5, 5.41) is 0. The van der Waals surface area contributed by atoms with Crippen molar-refractivity contribution in [3.63, 3.8) is 0 Å². The first kappa shape index (κ1) is 16.1. The van der Waals surface area contributed by atoms with Crippen LogP contribution < -0.4 is 10.5 Å². The Kier molecular flexibility index (Phi) is 5.12. The molecule has 116 valence electrons. The lowest BCUT2D eigenvalue weighted by atomic mass is 10.1. The molecule has 2 N–H and O–H groups in total. The number of carbonyl (C=O) groups excluding carboxylic acids is 1. The molecule has 1 aromatic carbocycles. The fourth-order valence-corrected chi connectivity index (χ4v) is 3.29. The van der Waals surface area contributed by atoms with E-state index in [0.717, 1.165) is 37.3 Å². The summed E-state index contributed by atoms with van der Waals surface area (Å²) in [5.41, 5.74) is 8.03. The van der Waals surface area contributed by atoms with Crippen molar-refractivity contribution in [2.24, 2.45) is 11.7 Å². The fraction of sp³-hybridized carbons (Fsp3) is 0.562. The zero-order valence-corrected chi connectivity index (χ0v) is 13.2. The number of fused-ring (bicyclic) bond motifs is 1. The molecule has 2 aliphatic rings. The van der Waals surface area contributed by atoms with Crippen molar-refractivity contribution in [2.45, 2.75) is 32.2 Å². The minimum atomic E-state index is 0. The molecule has 4 nitrogen and oxygen atoms in total. The maximum absolute atomic E-state index is 12.4. The van der Waals surface area contributed by atoms with Gasteiger partial charge in [-0.3, -0.25) is 4.79 Å². The molecular formula is C16H23ClN2O2. The molecule has 0 saturated carbocycles. The van der Waals surface area contributed by atoms with Crippen LogP contribution in [0.2, 0.25) is 0 Å². The van der Waals surface area contributed by atoms with Crippen LogP contribution in [0.3, 0.4) is 0 Å². The summed E-state index contributed by atoms with van der Waals surface area (Å²) < 4.78 is 5.49. The van der Waals surface area contributed by atoms with Crippen molar-refractivity contribution >= 4 is 18.3 Å². The highest BCUT2D eigenvalue weighted by Crippen LogP contribution is 2.27. The summed E-state index contributed by atoms with van der Waals surface area (Å²) in [4.78, 5) is 14.4. The molecule has 1 aromatic rings. The second-order valence-corrected chi connectivity index (χ2v) is 5.95. The normalized spacial score (nSPS) is 23.4. The smallest absolute Gasteiger partial charge is 0.227 e. The van der Waals surface area contributed by atoms with Crippen LogP contribution in [0.4, 0.5) is 0 Å². The quantitative estimate of drug-likeness (QED) is 0.926. The number of likely N-dealkylation sites (tertiary alicyclic amines) is 1. The minimum Gasteiger partial charge on any atom is -0.493 e. The van der Waals surface area contributed by atoms with Crippen LogP contribution in [0, 0.1) is 5.92 Å². The second-order valence-electron chi connectivity index (χ2n) is 5.95. The molecule has 2 heterocycles. The zero-order valence-electron chi connectivity index (χ0n) is 12.4. The Morgan fingerprint density at radius 1 is 1.48 bits per heavy atom. The number of carbonyl (C=O) groups is 1. The van der Waals surface area contributed by atoms with Crippen molar-refractivity contribution in [1.29, 1.82) is 0 Å². The number of amides is 1. The van der Waals surface area contributed by atoms with E-state index < -0.39 is 0 Å². The third kappa shape index (κ3) is 3.33. The molecule has 0 aromatic heterocycles. The minimum absolute atomic E-state index is 0. The van der Waals surface area contributed by atoms with E-state index in [0.29, 0.717) is 24.9 Å². The summed E-state index contributed by atoms with van der Waals surface area (Å²) in [5.74, 6) is 1.65. The first-order valence-electron chi connectivity index (χ1n) is 7.41. The molecule has 2 unspecified atom stereocenters. The lowest BCUT2D eigenvalue weighted by molar-refractivity contribution is -0.131. The van der Waals surface area contributed by atoms with E-state index in [-0.39, 0.29) is 18.3 Å². The molecule has 0 spiro atoms. The van der Waals surface area contributed by atoms with Gasteiger partial charge in [-0.1, -0.05) is 12.1 Å². The summed E-state index contributed by atoms with van der Waals surface area (Å²) in [6.45, 7) is 4.35. The van der Waals surface area contributed by atoms with Crippen molar-refractivity contribution in [3.05, 3.63) is 29.3 Å². The monoisotopic (exact) mass is 310 g/mol. The van der Waals surface area contributed by atoms with Gasteiger partial charge in [0.25, 0.3) is 0 Å². The van der Waals surface area contributed by atoms with Gasteiger partial charge in [0.15, 0.2) is 0 Å². The van der Waals surface area contributed by atoms with Crippen LogP contribution in [-0.2, 0) is 17.6 Å². The van der Waals surface area contributed by atoms with Gasteiger partial charge in [-0.25, -0.2) is 0 Å². The van der Waals surface area contributed by atoms with E-state index in [4.69, 9.17) is 10.5 Å². The number of benzene rings is 1. The number of ether oxygens (including phenoxy) is 1. The molecule has 21 heavy (non-hydrogen) atoms. The van der Waals surface area contributed by atoms with Gasteiger partial charge in [0.05, 0.1) is 13.0 Å². The second kappa shape index (κ2) is 6.67. The van der Waals surface area contributed by atoms with Crippen LogP contribution in [0.1, 0.15) is 24.5 Å². The van der Waals surface area contributed by atoms with E-state index in [2.05, 4.69) is 13.0 Å². The van der Waals surface area contributed by atoms with E-state index in [1.54, 1.807) is 0 Å². The third-order valence-electron chi connectivity index (χ3n) is 4.42. The number of nitrogens with zero attached hydrogens (tertiary/aromatic N) is 1. The van der Waals surface area contributed by atoms with Gasteiger partial charge in [0, 0.05) is 19.0 Å². The Morgan fingerprint density at radius 2 is 2.29 bits per heavy atom. The average Bonchev–Trinajstić information content (AvgIpc) is 3.04. The molecule has 1 amide bonds. The predicted octanol–water partition coefficient (Wildman–Crippen LogP) is 1.78. The van der Waals surface area contributed by atoms with E-state index in [1.165, 1.54) is 5.56 Å². The van der Waals surface area contributed by atoms with Crippen molar-refractivity contribution < 1.29 is 9.53 Å². The van der Waals surface area contributed by atoms with Crippen LogP contribution >= 0.6 is 12.4 Å². The summed E-state index contributed by atoms with van der Waals surface area (Å²) >= 11 is 0. The summed E-state index contributed by atoms with van der Waals surface area (Å²) in [7, 11) is 0. The summed E-state index contributed by atoms with van der Waals surface area (Å²) in [6, 6.07) is 6.42. The maximum Gasteiger partial charge on any atom is 0.227 e. The van der Waals surface area contributed by atoms with Gasteiger partial charge in [-0.2, -0.15) is 0 Å². The molecule has 5 heteroatoms. The van der Waals surface area contributed by atoms with Crippen LogP contribution in [0.5, 0.6) is 5.75 Å². The Hall–Kier alpha value is -1.26. The highest BCUT2D eigenvalue weighted by molar-refractivity contribution is 5.85. The topological polar surface area (TPSA) is 55.6 Å². The number of hydrogen-bond acceptors (Lipinski definition) is 3. The fourth-order valence-electron chi connectivity index (χ4n) is 3.29. The Morgan fingerprint density at radius 3 is 3.00 bits per heavy atom. The molecule has 1 fully saturated rings. The Bertz CT molecular complexity index is 521. The van der Waals surface area contributed by atoms with E-state index >= 15 is 0 Å². The van der Waals surface area contributed by atoms with Gasteiger partial charge in [-0.05, 0) is 43.0 Å². The lowest BCUT2D eigenvalue weighted by Crippen LogP contribution is -2.35.